The molecule has 8 nitrogen and oxygen atoms in total. The van der Waals surface area contributed by atoms with Crippen molar-refractivity contribution >= 4 is 27.3 Å². The number of carbonyl (C=O) groups excluding carboxylic acids is 1. The van der Waals surface area contributed by atoms with Gasteiger partial charge >= 0.3 is 0 Å². The van der Waals surface area contributed by atoms with Crippen molar-refractivity contribution in [3.8, 4) is 0 Å². The van der Waals surface area contributed by atoms with E-state index in [1.807, 2.05) is 33.7 Å². The lowest BCUT2D eigenvalue weighted by Crippen LogP contribution is -2.31. The Morgan fingerprint density at radius 3 is 2.59 bits per heavy atom. The standard InChI is InChI=1S/C20H21N5O3S/c26-20(15-7-9-16(10-8-15)25-13-4-14-29(25,27)28)23-12-3-5-17(23)19-22-21-18-6-1-2-11-24(18)19/h1-2,6-11,17H,3-5,12-14H2. The zero-order valence-corrected chi connectivity index (χ0v) is 16.6. The lowest BCUT2D eigenvalue weighted by molar-refractivity contribution is 0.0729. The lowest BCUT2D eigenvalue weighted by atomic mass is 10.1. The summed E-state index contributed by atoms with van der Waals surface area (Å²) in [5, 5.41) is 8.54. The Balaban J connectivity index is 1.41. The highest BCUT2D eigenvalue weighted by Crippen LogP contribution is 2.33. The van der Waals surface area contributed by atoms with Crippen molar-refractivity contribution in [1.82, 2.24) is 19.5 Å². The first-order valence-electron chi connectivity index (χ1n) is 9.76. The van der Waals surface area contributed by atoms with E-state index in [0.717, 1.165) is 24.3 Å². The highest BCUT2D eigenvalue weighted by molar-refractivity contribution is 7.93. The molecular weight excluding hydrogens is 390 g/mol. The molecule has 0 saturated carbocycles. The van der Waals surface area contributed by atoms with Crippen molar-refractivity contribution in [3.63, 3.8) is 0 Å². The second-order valence-electron chi connectivity index (χ2n) is 7.43. The van der Waals surface area contributed by atoms with Crippen LogP contribution >= 0.6 is 0 Å². The molecule has 3 aromatic rings. The molecule has 0 radical (unpaired) electrons. The predicted molar refractivity (Wildman–Crippen MR) is 108 cm³/mol. The first kappa shape index (κ1) is 18.1. The smallest absolute Gasteiger partial charge is 0.254 e. The second kappa shape index (κ2) is 6.84. The number of rotatable bonds is 3. The van der Waals surface area contributed by atoms with Gasteiger partial charge in [-0.3, -0.25) is 13.5 Å². The Kier molecular flexibility index (Phi) is 4.27. The van der Waals surface area contributed by atoms with Gasteiger partial charge in [0, 0.05) is 24.8 Å². The van der Waals surface area contributed by atoms with Gasteiger partial charge in [0.05, 0.1) is 17.5 Å². The summed E-state index contributed by atoms with van der Waals surface area (Å²) >= 11 is 0. The highest BCUT2D eigenvalue weighted by Gasteiger charge is 2.34. The Bertz CT molecular complexity index is 1170. The summed E-state index contributed by atoms with van der Waals surface area (Å²) in [4.78, 5) is 15.0. The number of benzene rings is 1. The molecule has 0 N–H and O–H groups in total. The summed E-state index contributed by atoms with van der Waals surface area (Å²) < 4.78 is 27.6. The largest absolute Gasteiger partial charge is 0.328 e. The first-order valence-corrected chi connectivity index (χ1v) is 11.4. The average molecular weight is 411 g/mol. The van der Waals surface area contributed by atoms with Crippen molar-refractivity contribution in [1.29, 1.82) is 0 Å². The van der Waals surface area contributed by atoms with E-state index in [1.54, 1.807) is 24.3 Å². The number of carbonyl (C=O) groups is 1. The maximum Gasteiger partial charge on any atom is 0.254 e. The number of aromatic nitrogens is 3. The van der Waals surface area contributed by atoms with Gasteiger partial charge in [-0.25, -0.2) is 8.42 Å². The maximum absolute atomic E-state index is 13.2. The Morgan fingerprint density at radius 2 is 1.83 bits per heavy atom. The number of nitrogens with zero attached hydrogens (tertiary/aromatic N) is 5. The third kappa shape index (κ3) is 3.05. The van der Waals surface area contributed by atoms with Crippen LogP contribution in [0.4, 0.5) is 5.69 Å². The quantitative estimate of drug-likeness (QED) is 0.660. The molecule has 150 valence electrons. The minimum absolute atomic E-state index is 0.0731. The average Bonchev–Trinajstić information content (AvgIpc) is 3.44. The zero-order valence-electron chi connectivity index (χ0n) is 15.8. The highest BCUT2D eigenvalue weighted by atomic mass is 32.2. The topological polar surface area (TPSA) is 87.9 Å². The Morgan fingerprint density at radius 1 is 1.00 bits per heavy atom. The molecule has 0 bridgehead atoms. The van der Waals surface area contributed by atoms with E-state index < -0.39 is 10.0 Å². The number of sulfonamides is 1. The molecule has 1 aromatic carbocycles. The van der Waals surface area contributed by atoms with Crippen molar-refractivity contribution in [2.45, 2.75) is 25.3 Å². The molecule has 1 amide bonds. The summed E-state index contributed by atoms with van der Waals surface area (Å²) in [6.45, 7) is 1.15. The first-order chi connectivity index (χ1) is 14.0. The summed E-state index contributed by atoms with van der Waals surface area (Å²) in [5.74, 6) is 0.873. The van der Waals surface area contributed by atoms with Crippen LogP contribution in [0.5, 0.6) is 0 Å². The van der Waals surface area contributed by atoms with Gasteiger partial charge in [-0.2, -0.15) is 0 Å². The van der Waals surface area contributed by atoms with Crippen LogP contribution in [0.1, 0.15) is 41.5 Å². The van der Waals surface area contributed by atoms with Gasteiger partial charge in [-0.1, -0.05) is 6.07 Å². The summed E-state index contributed by atoms with van der Waals surface area (Å²) in [6, 6.07) is 12.5. The summed E-state index contributed by atoms with van der Waals surface area (Å²) in [6.07, 6.45) is 4.29. The van der Waals surface area contributed by atoms with Gasteiger partial charge in [-0.05, 0) is 55.7 Å². The fraction of sp³-hybridized carbons (Fsp3) is 0.350. The monoisotopic (exact) mass is 411 g/mol. The van der Waals surface area contributed by atoms with Crippen molar-refractivity contribution in [3.05, 3.63) is 60.0 Å². The number of likely N-dealkylation sites (tertiary alicyclic amines) is 1. The van der Waals surface area contributed by atoms with E-state index in [9.17, 15) is 13.2 Å². The minimum atomic E-state index is -3.23. The molecular formula is C20H21N5O3S. The third-order valence-electron chi connectivity index (χ3n) is 5.65. The van der Waals surface area contributed by atoms with Gasteiger partial charge in [0.15, 0.2) is 11.5 Å². The van der Waals surface area contributed by atoms with Crippen LogP contribution in [0.15, 0.2) is 48.7 Å². The molecule has 4 heterocycles. The third-order valence-corrected chi connectivity index (χ3v) is 7.52. The molecule has 2 aliphatic heterocycles. The van der Waals surface area contributed by atoms with Gasteiger partial charge < -0.3 is 4.90 Å². The van der Waals surface area contributed by atoms with Crippen LogP contribution in [0, 0.1) is 0 Å². The van der Waals surface area contributed by atoms with Gasteiger partial charge in [0.2, 0.25) is 10.0 Å². The van der Waals surface area contributed by atoms with Crippen LogP contribution in [-0.4, -0.2) is 52.7 Å². The van der Waals surface area contributed by atoms with Gasteiger partial charge in [-0.15, -0.1) is 10.2 Å². The zero-order chi connectivity index (χ0) is 20.0. The molecule has 2 saturated heterocycles. The summed E-state index contributed by atoms with van der Waals surface area (Å²) in [7, 11) is -3.23. The lowest BCUT2D eigenvalue weighted by Gasteiger charge is -2.24. The number of hydrogen-bond donors (Lipinski definition) is 0. The fourth-order valence-electron chi connectivity index (χ4n) is 4.23. The molecule has 1 atom stereocenters. The number of hydrogen-bond acceptors (Lipinski definition) is 5. The van der Waals surface area contributed by atoms with E-state index >= 15 is 0 Å². The predicted octanol–water partition coefficient (Wildman–Crippen LogP) is 2.25. The van der Waals surface area contributed by atoms with Crippen LogP contribution in [0.3, 0.4) is 0 Å². The van der Waals surface area contributed by atoms with E-state index in [2.05, 4.69) is 10.2 Å². The van der Waals surface area contributed by atoms with Crippen LogP contribution in [0.2, 0.25) is 0 Å². The molecule has 9 heteroatoms. The molecule has 2 fully saturated rings. The Hall–Kier alpha value is -2.94. The van der Waals surface area contributed by atoms with E-state index in [1.165, 1.54) is 4.31 Å². The van der Waals surface area contributed by atoms with Crippen LogP contribution < -0.4 is 4.31 Å². The Labute approximate surface area is 168 Å². The minimum Gasteiger partial charge on any atom is -0.328 e. The van der Waals surface area contributed by atoms with Crippen molar-refractivity contribution in [2.24, 2.45) is 0 Å². The summed E-state index contributed by atoms with van der Waals surface area (Å²) in [5.41, 5.74) is 1.92. The van der Waals surface area contributed by atoms with Gasteiger partial charge in [0.25, 0.3) is 5.91 Å². The molecule has 1 unspecified atom stereocenters. The number of pyridine rings is 1. The number of anilines is 1. The molecule has 2 aromatic heterocycles. The molecule has 5 rings (SSSR count). The molecule has 0 spiro atoms. The fourth-order valence-corrected chi connectivity index (χ4v) is 5.80. The normalized spacial score (nSPS) is 21.2. The van der Waals surface area contributed by atoms with E-state index in [4.69, 9.17) is 0 Å². The van der Waals surface area contributed by atoms with E-state index in [-0.39, 0.29) is 17.7 Å². The van der Waals surface area contributed by atoms with Crippen LogP contribution in [-0.2, 0) is 10.0 Å². The van der Waals surface area contributed by atoms with Crippen molar-refractivity contribution in [2.75, 3.05) is 23.1 Å². The van der Waals surface area contributed by atoms with Crippen molar-refractivity contribution < 1.29 is 13.2 Å². The van der Waals surface area contributed by atoms with Gasteiger partial charge in [0.1, 0.15) is 0 Å². The number of fused-ring (bicyclic) bond motifs is 1. The maximum atomic E-state index is 13.2. The molecule has 2 aliphatic rings. The number of amides is 1. The second-order valence-corrected chi connectivity index (χ2v) is 9.45. The van der Waals surface area contributed by atoms with E-state index in [0.29, 0.717) is 30.8 Å². The SMILES string of the molecule is O=C(c1ccc(N2CCCS2(=O)=O)cc1)N1CCCC1c1nnc2ccccn12. The molecule has 29 heavy (non-hydrogen) atoms. The van der Waals surface area contributed by atoms with Crippen LogP contribution in [0.25, 0.3) is 5.65 Å². The molecule has 0 aliphatic carbocycles.